The Kier molecular flexibility index (Phi) is 5.09. The summed E-state index contributed by atoms with van der Waals surface area (Å²) in [5, 5.41) is 11.7. The number of nitrogens with one attached hydrogen (secondary N) is 1. The van der Waals surface area contributed by atoms with Gasteiger partial charge in [0.05, 0.1) is 10.7 Å². The Hall–Kier alpha value is -2.73. The first-order valence-corrected chi connectivity index (χ1v) is 8.41. The molecule has 0 aliphatic rings. The van der Waals surface area contributed by atoms with E-state index in [1.54, 1.807) is 29.2 Å². The molecule has 0 saturated carbocycles. The van der Waals surface area contributed by atoms with Crippen LogP contribution in [0, 0.1) is 0 Å². The fourth-order valence-corrected chi connectivity index (χ4v) is 2.60. The molecule has 0 saturated heterocycles. The number of carbonyl (C=O) groups excluding carboxylic acids is 1. The zero-order valence-electron chi connectivity index (χ0n) is 14.0. The van der Waals surface area contributed by atoms with Crippen LogP contribution in [0.4, 0.5) is 0 Å². The summed E-state index contributed by atoms with van der Waals surface area (Å²) < 4.78 is 1.57. The number of aromatic nitrogens is 4. The molecule has 0 bridgehead atoms. The van der Waals surface area contributed by atoms with Crippen LogP contribution in [0.5, 0.6) is 0 Å². The van der Waals surface area contributed by atoms with Gasteiger partial charge in [-0.15, -0.1) is 5.10 Å². The maximum Gasteiger partial charge on any atom is 0.274 e. The molecule has 0 fully saturated rings. The van der Waals surface area contributed by atoms with Crippen LogP contribution in [-0.4, -0.2) is 31.9 Å². The number of para-hydroxylation sites is 1. The highest BCUT2D eigenvalue weighted by molar-refractivity contribution is 6.32. The van der Waals surface area contributed by atoms with Gasteiger partial charge in [-0.2, -0.15) is 0 Å². The minimum absolute atomic E-state index is 0.0414. The minimum Gasteiger partial charge on any atom is -0.348 e. The number of benzene rings is 1. The quantitative estimate of drug-likeness (QED) is 0.760. The van der Waals surface area contributed by atoms with Gasteiger partial charge in [-0.25, -0.2) is 4.68 Å². The van der Waals surface area contributed by atoms with E-state index in [0.29, 0.717) is 16.4 Å². The average Bonchev–Trinajstić information content (AvgIpc) is 3.07. The summed E-state index contributed by atoms with van der Waals surface area (Å²) in [4.78, 5) is 16.8. The van der Waals surface area contributed by atoms with Crippen molar-refractivity contribution in [1.29, 1.82) is 0 Å². The van der Waals surface area contributed by atoms with E-state index in [9.17, 15) is 4.79 Å². The van der Waals surface area contributed by atoms with Gasteiger partial charge in [0.25, 0.3) is 5.91 Å². The van der Waals surface area contributed by atoms with Gasteiger partial charge in [-0.1, -0.05) is 35.9 Å². The van der Waals surface area contributed by atoms with Crippen LogP contribution in [0.25, 0.3) is 16.9 Å². The van der Waals surface area contributed by atoms with E-state index in [1.165, 1.54) is 0 Å². The molecule has 2 aromatic heterocycles. The van der Waals surface area contributed by atoms with E-state index in [0.717, 1.165) is 12.0 Å². The third-order valence-electron chi connectivity index (χ3n) is 3.89. The summed E-state index contributed by atoms with van der Waals surface area (Å²) in [5.74, 6) is -0.272. The Morgan fingerprint density at radius 3 is 2.76 bits per heavy atom. The van der Waals surface area contributed by atoms with Crippen molar-refractivity contribution in [2.45, 2.75) is 26.3 Å². The SMILES string of the molecule is CC[C@H](C)NC(=O)c1nnn(-c2ccccc2Cl)c1-c1cccnc1. The number of carbonyl (C=O) groups is 1. The van der Waals surface area contributed by atoms with Crippen molar-refractivity contribution >= 4 is 17.5 Å². The number of nitrogens with zero attached hydrogens (tertiary/aromatic N) is 4. The summed E-state index contributed by atoms with van der Waals surface area (Å²) in [6, 6.07) is 11.0. The lowest BCUT2D eigenvalue weighted by atomic mass is 10.1. The van der Waals surface area contributed by atoms with E-state index in [-0.39, 0.29) is 17.6 Å². The zero-order valence-corrected chi connectivity index (χ0v) is 14.7. The van der Waals surface area contributed by atoms with E-state index in [1.807, 2.05) is 38.1 Å². The smallest absolute Gasteiger partial charge is 0.274 e. The normalized spacial score (nSPS) is 12.0. The van der Waals surface area contributed by atoms with Gasteiger partial charge >= 0.3 is 0 Å². The highest BCUT2D eigenvalue weighted by atomic mass is 35.5. The Balaban J connectivity index is 2.15. The molecule has 0 unspecified atom stereocenters. The molecule has 0 spiro atoms. The molecular weight excluding hydrogens is 338 g/mol. The van der Waals surface area contributed by atoms with Gasteiger partial charge in [-0.05, 0) is 37.6 Å². The monoisotopic (exact) mass is 355 g/mol. The fourth-order valence-electron chi connectivity index (χ4n) is 2.38. The van der Waals surface area contributed by atoms with Crippen LogP contribution in [0.2, 0.25) is 5.02 Å². The van der Waals surface area contributed by atoms with Crippen LogP contribution in [0.1, 0.15) is 30.8 Å². The Morgan fingerprint density at radius 1 is 1.28 bits per heavy atom. The number of halogens is 1. The summed E-state index contributed by atoms with van der Waals surface area (Å²) in [7, 11) is 0. The first kappa shape index (κ1) is 17.1. The van der Waals surface area contributed by atoms with Crippen LogP contribution in [-0.2, 0) is 0 Å². The van der Waals surface area contributed by atoms with E-state index < -0.39 is 0 Å². The molecule has 1 amide bonds. The second kappa shape index (κ2) is 7.44. The second-order valence-electron chi connectivity index (χ2n) is 5.67. The topological polar surface area (TPSA) is 72.7 Å². The van der Waals surface area contributed by atoms with Crippen LogP contribution in [0.3, 0.4) is 0 Å². The molecule has 1 N–H and O–H groups in total. The third-order valence-corrected chi connectivity index (χ3v) is 4.21. The van der Waals surface area contributed by atoms with Crippen LogP contribution < -0.4 is 5.32 Å². The second-order valence-corrected chi connectivity index (χ2v) is 6.08. The van der Waals surface area contributed by atoms with Gasteiger partial charge in [-0.3, -0.25) is 9.78 Å². The van der Waals surface area contributed by atoms with Crippen molar-refractivity contribution < 1.29 is 4.79 Å². The number of pyridine rings is 1. The molecule has 7 heteroatoms. The Labute approximate surface area is 150 Å². The standard InChI is InChI=1S/C18H18ClN5O/c1-3-12(2)21-18(25)16-17(13-7-6-10-20-11-13)24(23-22-16)15-9-5-4-8-14(15)19/h4-12H,3H2,1-2H3,(H,21,25)/t12-/m0/s1. The first-order chi connectivity index (χ1) is 12.1. The van der Waals surface area contributed by atoms with Crippen LogP contribution >= 0.6 is 11.6 Å². The lowest BCUT2D eigenvalue weighted by Gasteiger charge is -2.12. The molecule has 3 rings (SSSR count). The van der Waals surface area contributed by atoms with Gasteiger partial charge in [0.1, 0.15) is 5.69 Å². The number of hydrogen-bond donors (Lipinski definition) is 1. The zero-order chi connectivity index (χ0) is 17.8. The van der Waals surface area contributed by atoms with Crippen molar-refractivity contribution in [3.63, 3.8) is 0 Å². The largest absolute Gasteiger partial charge is 0.348 e. The average molecular weight is 356 g/mol. The lowest BCUT2D eigenvalue weighted by Crippen LogP contribution is -2.32. The highest BCUT2D eigenvalue weighted by Gasteiger charge is 2.23. The van der Waals surface area contributed by atoms with Gasteiger partial charge < -0.3 is 5.32 Å². The number of hydrogen-bond acceptors (Lipinski definition) is 4. The summed E-state index contributed by atoms with van der Waals surface area (Å²) in [6.07, 6.45) is 4.17. The molecule has 3 aromatic rings. The molecule has 2 heterocycles. The third kappa shape index (κ3) is 3.53. The fraction of sp³-hybridized carbons (Fsp3) is 0.222. The summed E-state index contributed by atoms with van der Waals surface area (Å²) >= 11 is 6.31. The van der Waals surface area contributed by atoms with Crippen LogP contribution in [0.15, 0.2) is 48.8 Å². The van der Waals surface area contributed by atoms with E-state index >= 15 is 0 Å². The summed E-state index contributed by atoms with van der Waals surface area (Å²) in [5.41, 5.74) is 2.19. The maximum atomic E-state index is 12.7. The molecule has 0 radical (unpaired) electrons. The van der Waals surface area contributed by atoms with E-state index in [2.05, 4.69) is 20.6 Å². The molecule has 6 nitrogen and oxygen atoms in total. The predicted molar refractivity (Wildman–Crippen MR) is 96.8 cm³/mol. The molecule has 0 aliphatic heterocycles. The molecule has 0 aliphatic carbocycles. The van der Waals surface area contributed by atoms with Crippen molar-refractivity contribution in [3.05, 3.63) is 59.5 Å². The van der Waals surface area contributed by atoms with Crippen molar-refractivity contribution in [3.8, 4) is 16.9 Å². The van der Waals surface area contributed by atoms with Gasteiger partial charge in [0.2, 0.25) is 0 Å². The van der Waals surface area contributed by atoms with Crippen molar-refractivity contribution in [2.24, 2.45) is 0 Å². The van der Waals surface area contributed by atoms with Crippen molar-refractivity contribution in [1.82, 2.24) is 25.3 Å². The molecule has 128 valence electrons. The Bertz CT molecular complexity index is 878. The number of rotatable bonds is 5. The Morgan fingerprint density at radius 2 is 2.08 bits per heavy atom. The molecule has 1 atom stereocenters. The minimum atomic E-state index is -0.272. The number of amides is 1. The summed E-state index contributed by atoms with van der Waals surface area (Å²) in [6.45, 7) is 3.95. The van der Waals surface area contributed by atoms with Gasteiger partial charge in [0, 0.05) is 24.0 Å². The maximum absolute atomic E-state index is 12.7. The lowest BCUT2D eigenvalue weighted by molar-refractivity contribution is 0.0935. The van der Waals surface area contributed by atoms with E-state index in [4.69, 9.17) is 11.6 Å². The molecule has 25 heavy (non-hydrogen) atoms. The highest BCUT2D eigenvalue weighted by Crippen LogP contribution is 2.28. The van der Waals surface area contributed by atoms with Gasteiger partial charge in [0.15, 0.2) is 5.69 Å². The molecular formula is C18H18ClN5O. The predicted octanol–water partition coefficient (Wildman–Crippen LogP) is 3.51. The molecule has 1 aromatic carbocycles. The first-order valence-electron chi connectivity index (χ1n) is 8.03. The van der Waals surface area contributed by atoms with Crippen molar-refractivity contribution in [2.75, 3.05) is 0 Å².